The van der Waals surface area contributed by atoms with Crippen LogP contribution in [0.25, 0.3) is 0 Å². The summed E-state index contributed by atoms with van der Waals surface area (Å²) < 4.78 is 5.88. The maximum Gasteiger partial charge on any atom is 0.259 e. The number of rotatable bonds is 7. The van der Waals surface area contributed by atoms with E-state index in [1.165, 1.54) is 5.56 Å². The van der Waals surface area contributed by atoms with Gasteiger partial charge in [0, 0.05) is 12.2 Å². The van der Waals surface area contributed by atoms with Crippen molar-refractivity contribution in [3.05, 3.63) is 90.0 Å². The van der Waals surface area contributed by atoms with Gasteiger partial charge in [0.05, 0.1) is 5.56 Å². The second-order valence-electron chi connectivity index (χ2n) is 6.62. The molecule has 0 saturated heterocycles. The molecule has 27 heavy (non-hydrogen) atoms. The van der Waals surface area contributed by atoms with Gasteiger partial charge in [0.1, 0.15) is 11.5 Å². The summed E-state index contributed by atoms with van der Waals surface area (Å²) >= 11 is 0. The first-order valence-corrected chi connectivity index (χ1v) is 8.99. The molecule has 0 aliphatic carbocycles. The summed E-state index contributed by atoms with van der Waals surface area (Å²) in [4.78, 5) is 14.9. The van der Waals surface area contributed by atoms with Crippen molar-refractivity contribution in [1.29, 1.82) is 0 Å². The summed E-state index contributed by atoms with van der Waals surface area (Å²) in [5.74, 6) is 1.04. The van der Waals surface area contributed by atoms with Crippen LogP contribution in [0.15, 0.2) is 78.9 Å². The van der Waals surface area contributed by atoms with E-state index in [1.54, 1.807) is 12.1 Å². The lowest BCUT2D eigenvalue weighted by molar-refractivity contribution is 0.102. The standard InChI is InChI=1S/C23H24N2O2/c1-25(2)17-16-18-12-14-19(15-13-18)24-23(26)21-10-6-7-11-22(21)27-20-8-4-3-5-9-20/h3-15H,16-17H2,1-2H3,(H,24,26). The van der Waals surface area contributed by atoms with Crippen LogP contribution in [-0.2, 0) is 6.42 Å². The lowest BCUT2D eigenvalue weighted by atomic mass is 10.1. The number of benzene rings is 3. The smallest absolute Gasteiger partial charge is 0.259 e. The lowest BCUT2D eigenvalue weighted by Crippen LogP contribution is -2.15. The van der Waals surface area contributed by atoms with Gasteiger partial charge in [-0.15, -0.1) is 0 Å². The first-order chi connectivity index (χ1) is 13.1. The Kier molecular flexibility index (Phi) is 6.23. The van der Waals surface area contributed by atoms with Crippen LogP contribution in [0.3, 0.4) is 0 Å². The lowest BCUT2D eigenvalue weighted by Gasteiger charge is -2.12. The molecular weight excluding hydrogens is 336 g/mol. The van der Waals surface area contributed by atoms with Crippen molar-refractivity contribution in [2.75, 3.05) is 26.0 Å². The van der Waals surface area contributed by atoms with Crippen molar-refractivity contribution in [3.63, 3.8) is 0 Å². The summed E-state index contributed by atoms with van der Waals surface area (Å²) in [6.45, 7) is 0.996. The summed E-state index contributed by atoms with van der Waals surface area (Å²) in [7, 11) is 4.12. The number of hydrogen-bond acceptors (Lipinski definition) is 3. The fourth-order valence-corrected chi connectivity index (χ4v) is 2.66. The highest BCUT2D eigenvalue weighted by molar-refractivity contribution is 6.06. The number of hydrogen-bond donors (Lipinski definition) is 1. The van der Waals surface area contributed by atoms with Gasteiger partial charge < -0.3 is 15.0 Å². The van der Waals surface area contributed by atoms with Crippen LogP contribution >= 0.6 is 0 Å². The minimum absolute atomic E-state index is 0.192. The van der Waals surface area contributed by atoms with Crippen molar-refractivity contribution < 1.29 is 9.53 Å². The van der Waals surface area contributed by atoms with E-state index in [9.17, 15) is 4.79 Å². The largest absolute Gasteiger partial charge is 0.457 e. The van der Waals surface area contributed by atoms with Crippen molar-refractivity contribution in [2.24, 2.45) is 0 Å². The SMILES string of the molecule is CN(C)CCc1ccc(NC(=O)c2ccccc2Oc2ccccc2)cc1. The Morgan fingerprint density at radius 3 is 2.26 bits per heavy atom. The van der Waals surface area contributed by atoms with Crippen LogP contribution in [0.1, 0.15) is 15.9 Å². The van der Waals surface area contributed by atoms with Gasteiger partial charge in [0.2, 0.25) is 0 Å². The molecule has 0 fully saturated rings. The molecule has 0 atom stereocenters. The Labute approximate surface area is 160 Å². The van der Waals surface area contributed by atoms with Gasteiger partial charge >= 0.3 is 0 Å². The quantitative estimate of drug-likeness (QED) is 0.656. The number of amides is 1. The molecule has 1 N–H and O–H groups in total. The fourth-order valence-electron chi connectivity index (χ4n) is 2.66. The van der Waals surface area contributed by atoms with E-state index in [1.807, 2.05) is 66.7 Å². The van der Waals surface area contributed by atoms with E-state index < -0.39 is 0 Å². The maximum atomic E-state index is 12.7. The van der Waals surface area contributed by atoms with E-state index in [4.69, 9.17) is 4.74 Å². The zero-order chi connectivity index (χ0) is 19.1. The average Bonchev–Trinajstić information content (AvgIpc) is 2.68. The van der Waals surface area contributed by atoms with Crippen LogP contribution < -0.4 is 10.1 Å². The number of nitrogens with zero attached hydrogens (tertiary/aromatic N) is 1. The van der Waals surface area contributed by atoms with Gasteiger partial charge in [-0.2, -0.15) is 0 Å². The minimum Gasteiger partial charge on any atom is -0.457 e. The minimum atomic E-state index is -0.192. The van der Waals surface area contributed by atoms with Crippen LogP contribution in [-0.4, -0.2) is 31.4 Å². The van der Waals surface area contributed by atoms with Crippen LogP contribution in [0, 0.1) is 0 Å². The van der Waals surface area contributed by atoms with Gasteiger partial charge in [0.25, 0.3) is 5.91 Å². The molecule has 138 valence electrons. The van der Waals surface area contributed by atoms with Crippen LogP contribution in [0.5, 0.6) is 11.5 Å². The van der Waals surface area contributed by atoms with Gasteiger partial charge in [0.15, 0.2) is 0 Å². The van der Waals surface area contributed by atoms with E-state index in [0.717, 1.165) is 18.7 Å². The molecule has 0 spiro atoms. The molecule has 0 saturated carbocycles. The Morgan fingerprint density at radius 1 is 0.889 bits per heavy atom. The first kappa shape index (κ1) is 18.7. The monoisotopic (exact) mass is 360 g/mol. The molecule has 0 bridgehead atoms. The van der Waals surface area contributed by atoms with E-state index in [2.05, 4.69) is 24.3 Å². The molecular formula is C23H24N2O2. The van der Waals surface area contributed by atoms with Gasteiger partial charge in [-0.25, -0.2) is 0 Å². The molecule has 0 radical (unpaired) electrons. The third-order valence-electron chi connectivity index (χ3n) is 4.16. The number of carbonyl (C=O) groups is 1. The number of para-hydroxylation sites is 2. The number of carbonyl (C=O) groups excluding carboxylic acids is 1. The van der Waals surface area contributed by atoms with Crippen molar-refractivity contribution in [1.82, 2.24) is 4.90 Å². The average molecular weight is 360 g/mol. The van der Waals surface area contributed by atoms with Crippen molar-refractivity contribution in [3.8, 4) is 11.5 Å². The van der Waals surface area contributed by atoms with E-state index in [-0.39, 0.29) is 5.91 Å². The Morgan fingerprint density at radius 2 is 1.56 bits per heavy atom. The van der Waals surface area contributed by atoms with Crippen LogP contribution in [0.4, 0.5) is 5.69 Å². The molecule has 0 aromatic heterocycles. The highest BCUT2D eigenvalue weighted by atomic mass is 16.5. The molecule has 3 rings (SSSR count). The molecule has 3 aromatic rings. The summed E-state index contributed by atoms with van der Waals surface area (Å²) in [5.41, 5.74) is 2.51. The molecule has 1 amide bonds. The predicted octanol–water partition coefficient (Wildman–Crippen LogP) is 4.84. The molecule has 0 heterocycles. The van der Waals surface area contributed by atoms with E-state index >= 15 is 0 Å². The number of likely N-dealkylation sites (N-methyl/N-ethyl adjacent to an activating group) is 1. The van der Waals surface area contributed by atoms with Crippen LogP contribution in [0.2, 0.25) is 0 Å². The molecule has 0 aliphatic heterocycles. The number of ether oxygens (including phenoxy) is 1. The highest BCUT2D eigenvalue weighted by Crippen LogP contribution is 2.25. The topological polar surface area (TPSA) is 41.6 Å². The predicted molar refractivity (Wildman–Crippen MR) is 110 cm³/mol. The summed E-state index contributed by atoms with van der Waals surface area (Å²) in [6.07, 6.45) is 0.981. The number of anilines is 1. The normalized spacial score (nSPS) is 10.6. The van der Waals surface area contributed by atoms with Crippen molar-refractivity contribution in [2.45, 2.75) is 6.42 Å². The zero-order valence-corrected chi connectivity index (χ0v) is 15.7. The number of nitrogens with one attached hydrogen (secondary N) is 1. The molecule has 3 aromatic carbocycles. The molecule has 0 aliphatic rings. The van der Waals surface area contributed by atoms with Gasteiger partial charge in [-0.3, -0.25) is 4.79 Å². The first-order valence-electron chi connectivity index (χ1n) is 8.99. The third-order valence-corrected chi connectivity index (χ3v) is 4.16. The van der Waals surface area contributed by atoms with Gasteiger partial charge in [-0.05, 0) is 62.5 Å². The second-order valence-corrected chi connectivity index (χ2v) is 6.62. The maximum absolute atomic E-state index is 12.7. The Bertz CT molecular complexity index is 874. The Hall–Kier alpha value is -3.11. The molecule has 0 unspecified atom stereocenters. The van der Waals surface area contributed by atoms with Gasteiger partial charge in [-0.1, -0.05) is 42.5 Å². The second kappa shape index (κ2) is 9.01. The molecule has 4 heteroatoms. The Balaban J connectivity index is 1.69. The summed E-state index contributed by atoms with van der Waals surface area (Å²) in [5, 5.41) is 2.95. The molecule has 4 nitrogen and oxygen atoms in total. The summed E-state index contributed by atoms with van der Waals surface area (Å²) in [6, 6.07) is 24.7. The highest BCUT2D eigenvalue weighted by Gasteiger charge is 2.13. The third kappa shape index (κ3) is 5.43. The zero-order valence-electron chi connectivity index (χ0n) is 15.7. The fraction of sp³-hybridized carbons (Fsp3) is 0.174. The van der Waals surface area contributed by atoms with E-state index in [0.29, 0.717) is 17.1 Å². The van der Waals surface area contributed by atoms with Crippen molar-refractivity contribution >= 4 is 11.6 Å².